The summed E-state index contributed by atoms with van der Waals surface area (Å²) in [6, 6.07) is 8.11. The van der Waals surface area contributed by atoms with Crippen molar-refractivity contribution in [1.29, 1.82) is 0 Å². The summed E-state index contributed by atoms with van der Waals surface area (Å²) < 4.78 is 0. The Labute approximate surface area is 97.5 Å². The molecule has 1 aromatic carbocycles. The van der Waals surface area contributed by atoms with E-state index >= 15 is 0 Å². The molecule has 1 saturated carbocycles. The van der Waals surface area contributed by atoms with Gasteiger partial charge in [-0.15, -0.1) is 0 Å². The van der Waals surface area contributed by atoms with Crippen molar-refractivity contribution < 1.29 is 5.11 Å². The Morgan fingerprint density at radius 1 is 1.12 bits per heavy atom. The summed E-state index contributed by atoms with van der Waals surface area (Å²) in [7, 11) is 0. The fourth-order valence-corrected chi connectivity index (χ4v) is 2.50. The van der Waals surface area contributed by atoms with Crippen molar-refractivity contribution in [2.75, 3.05) is 0 Å². The standard InChI is InChI=1S/C14H21NO/c1-13(2,16)11-5-7-12(8-6-11)14(15)9-3-4-10-14/h5-8,16H,3-4,9-10,15H2,1-2H3. The van der Waals surface area contributed by atoms with Crippen molar-refractivity contribution in [3.8, 4) is 0 Å². The molecule has 0 aliphatic heterocycles. The van der Waals surface area contributed by atoms with Crippen molar-refractivity contribution in [3.63, 3.8) is 0 Å². The summed E-state index contributed by atoms with van der Waals surface area (Å²) in [6.07, 6.45) is 4.61. The van der Waals surface area contributed by atoms with E-state index in [1.807, 2.05) is 12.1 Å². The Morgan fingerprint density at radius 2 is 1.62 bits per heavy atom. The molecule has 2 nitrogen and oxygen atoms in total. The molecule has 2 rings (SSSR count). The molecule has 0 heterocycles. The summed E-state index contributed by atoms with van der Waals surface area (Å²) >= 11 is 0. The van der Waals surface area contributed by atoms with E-state index in [1.54, 1.807) is 13.8 Å². The number of rotatable bonds is 2. The minimum Gasteiger partial charge on any atom is -0.386 e. The smallest absolute Gasteiger partial charge is 0.0840 e. The van der Waals surface area contributed by atoms with Gasteiger partial charge < -0.3 is 10.8 Å². The summed E-state index contributed by atoms with van der Waals surface area (Å²) in [5.74, 6) is 0. The van der Waals surface area contributed by atoms with E-state index in [0.29, 0.717) is 0 Å². The van der Waals surface area contributed by atoms with Crippen molar-refractivity contribution in [2.45, 2.75) is 50.7 Å². The van der Waals surface area contributed by atoms with E-state index in [2.05, 4.69) is 12.1 Å². The van der Waals surface area contributed by atoms with Crippen LogP contribution in [0.15, 0.2) is 24.3 Å². The zero-order valence-electron chi connectivity index (χ0n) is 10.2. The molecule has 2 heteroatoms. The van der Waals surface area contributed by atoms with Gasteiger partial charge in [-0.05, 0) is 37.8 Å². The van der Waals surface area contributed by atoms with Gasteiger partial charge >= 0.3 is 0 Å². The van der Waals surface area contributed by atoms with Gasteiger partial charge in [0.25, 0.3) is 0 Å². The third-order valence-corrected chi connectivity index (χ3v) is 3.66. The average molecular weight is 219 g/mol. The van der Waals surface area contributed by atoms with Crippen LogP contribution in [0.3, 0.4) is 0 Å². The monoisotopic (exact) mass is 219 g/mol. The predicted octanol–water partition coefficient (Wildman–Crippen LogP) is 2.64. The van der Waals surface area contributed by atoms with Crippen LogP contribution >= 0.6 is 0 Å². The number of aliphatic hydroxyl groups is 1. The Kier molecular flexibility index (Phi) is 2.81. The lowest BCUT2D eigenvalue weighted by atomic mass is 9.87. The topological polar surface area (TPSA) is 46.2 Å². The summed E-state index contributed by atoms with van der Waals surface area (Å²) in [5.41, 5.74) is 7.63. The molecular weight excluding hydrogens is 198 g/mol. The van der Waals surface area contributed by atoms with Crippen LogP contribution in [0.2, 0.25) is 0 Å². The molecule has 1 aliphatic rings. The molecular formula is C14H21NO. The first kappa shape index (κ1) is 11.6. The van der Waals surface area contributed by atoms with Gasteiger partial charge in [-0.3, -0.25) is 0 Å². The number of hydrogen-bond acceptors (Lipinski definition) is 2. The molecule has 16 heavy (non-hydrogen) atoms. The summed E-state index contributed by atoms with van der Waals surface area (Å²) in [4.78, 5) is 0. The van der Waals surface area contributed by atoms with Gasteiger partial charge in [-0.2, -0.15) is 0 Å². The second kappa shape index (κ2) is 3.86. The van der Waals surface area contributed by atoms with Gasteiger partial charge in [0.15, 0.2) is 0 Å². The minimum atomic E-state index is -0.768. The van der Waals surface area contributed by atoms with Gasteiger partial charge in [0.05, 0.1) is 5.60 Å². The van der Waals surface area contributed by atoms with Gasteiger partial charge in [0, 0.05) is 5.54 Å². The van der Waals surface area contributed by atoms with E-state index in [0.717, 1.165) is 18.4 Å². The van der Waals surface area contributed by atoms with E-state index in [4.69, 9.17) is 5.73 Å². The Balaban J connectivity index is 2.26. The molecule has 0 unspecified atom stereocenters. The summed E-state index contributed by atoms with van der Waals surface area (Å²) in [6.45, 7) is 3.60. The van der Waals surface area contributed by atoms with Crippen LogP contribution in [0.4, 0.5) is 0 Å². The van der Waals surface area contributed by atoms with Crippen molar-refractivity contribution >= 4 is 0 Å². The molecule has 0 atom stereocenters. The third-order valence-electron chi connectivity index (χ3n) is 3.66. The van der Waals surface area contributed by atoms with E-state index in [9.17, 15) is 5.11 Å². The van der Waals surface area contributed by atoms with Crippen LogP contribution in [0.5, 0.6) is 0 Å². The van der Waals surface area contributed by atoms with Crippen molar-refractivity contribution in [1.82, 2.24) is 0 Å². The minimum absolute atomic E-state index is 0.127. The summed E-state index contributed by atoms with van der Waals surface area (Å²) in [5, 5.41) is 9.88. The van der Waals surface area contributed by atoms with Crippen LogP contribution in [0.25, 0.3) is 0 Å². The van der Waals surface area contributed by atoms with E-state index < -0.39 is 5.60 Å². The second-order valence-corrected chi connectivity index (χ2v) is 5.50. The van der Waals surface area contributed by atoms with Crippen LogP contribution in [-0.2, 0) is 11.1 Å². The Bertz CT molecular complexity index is 355. The fraction of sp³-hybridized carbons (Fsp3) is 0.571. The van der Waals surface area contributed by atoms with Crippen LogP contribution in [0.1, 0.15) is 50.7 Å². The molecule has 0 amide bonds. The number of nitrogens with two attached hydrogens (primary N) is 1. The highest BCUT2D eigenvalue weighted by Crippen LogP contribution is 2.36. The highest BCUT2D eigenvalue weighted by molar-refractivity contribution is 5.31. The zero-order chi connectivity index (χ0) is 11.8. The molecule has 1 fully saturated rings. The number of hydrogen-bond donors (Lipinski definition) is 2. The average Bonchev–Trinajstić information content (AvgIpc) is 2.66. The lowest BCUT2D eigenvalue weighted by Crippen LogP contribution is -2.33. The highest BCUT2D eigenvalue weighted by Gasteiger charge is 2.31. The molecule has 0 spiro atoms. The SMILES string of the molecule is CC(C)(O)c1ccc(C2(N)CCCC2)cc1. The largest absolute Gasteiger partial charge is 0.386 e. The molecule has 0 saturated heterocycles. The molecule has 0 bridgehead atoms. The quantitative estimate of drug-likeness (QED) is 0.803. The molecule has 0 aromatic heterocycles. The Morgan fingerprint density at radius 3 is 2.06 bits per heavy atom. The van der Waals surface area contributed by atoms with Crippen molar-refractivity contribution in [2.24, 2.45) is 5.73 Å². The second-order valence-electron chi connectivity index (χ2n) is 5.50. The predicted molar refractivity (Wildman–Crippen MR) is 66.0 cm³/mol. The van der Waals surface area contributed by atoms with Gasteiger partial charge in [0.1, 0.15) is 0 Å². The molecule has 88 valence electrons. The van der Waals surface area contributed by atoms with E-state index in [1.165, 1.54) is 18.4 Å². The lowest BCUT2D eigenvalue weighted by Gasteiger charge is -2.25. The van der Waals surface area contributed by atoms with Crippen LogP contribution < -0.4 is 5.73 Å². The first-order valence-corrected chi connectivity index (χ1v) is 6.04. The van der Waals surface area contributed by atoms with Crippen LogP contribution in [0, 0.1) is 0 Å². The molecule has 1 aliphatic carbocycles. The van der Waals surface area contributed by atoms with Gasteiger partial charge in [0.2, 0.25) is 0 Å². The molecule has 3 N–H and O–H groups in total. The molecule has 0 radical (unpaired) electrons. The maximum Gasteiger partial charge on any atom is 0.0840 e. The van der Waals surface area contributed by atoms with Crippen molar-refractivity contribution in [3.05, 3.63) is 35.4 Å². The Hall–Kier alpha value is -0.860. The normalized spacial score (nSPS) is 20.0. The molecule has 1 aromatic rings. The van der Waals surface area contributed by atoms with Gasteiger partial charge in [-0.25, -0.2) is 0 Å². The van der Waals surface area contributed by atoms with Gasteiger partial charge in [-0.1, -0.05) is 37.1 Å². The maximum atomic E-state index is 9.88. The lowest BCUT2D eigenvalue weighted by molar-refractivity contribution is 0.0785. The van der Waals surface area contributed by atoms with Crippen LogP contribution in [-0.4, -0.2) is 5.11 Å². The van der Waals surface area contributed by atoms with E-state index in [-0.39, 0.29) is 5.54 Å². The first-order valence-electron chi connectivity index (χ1n) is 6.04. The zero-order valence-corrected chi connectivity index (χ0v) is 10.2. The third kappa shape index (κ3) is 2.13. The first-order chi connectivity index (χ1) is 7.42. The fourth-order valence-electron chi connectivity index (χ4n) is 2.50. The number of benzene rings is 1. The highest BCUT2D eigenvalue weighted by atomic mass is 16.3. The maximum absolute atomic E-state index is 9.88.